The van der Waals surface area contributed by atoms with Crippen LogP contribution in [0.5, 0.6) is 0 Å². The van der Waals surface area contributed by atoms with Gasteiger partial charge in [0.05, 0.1) is 6.10 Å². The number of piperidine rings is 1. The van der Waals surface area contributed by atoms with Gasteiger partial charge in [-0.1, -0.05) is 6.92 Å². The van der Waals surface area contributed by atoms with Crippen molar-refractivity contribution in [1.29, 1.82) is 0 Å². The van der Waals surface area contributed by atoms with Crippen molar-refractivity contribution in [1.82, 2.24) is 4.90 Å². The second kappa shape index (κ2) is 7.91. The van der Waals surface area contributed by atoms with Gasteiger partial charge in [0.2, 0.25) is 5.91 Å². The zero-order valence-corrected chi connectivity index (χ0v) is 10.8. The first-order valence-electron chi connectivity index (χ1n) is 6.23. The molecule has 1 unspecified atom stereocenters. The average Bonchev–Trinajstić information content (AvgIpc) is 2.33. The number of alkyl halides is 1. The molecule has 0 spiro atoms. The highest BCUT2D eigenvalue weighted by atomic mass is 35.5. The van der Waals surface area contributed by atoms with Gasteiger partial charge in [-0.25, -0.2) is 0 Å². The number of hydrogen-bond acceptors (Lipinski definition) is 2. The highest BCUT2D eigenvalue weighted by Gasteiger charge is 2.23. The Morgan fingerprint density at radius 1 is 1.56 bits per heavy atom. The molecule has 0 aliphatic carbocycles. The molecule has 1 aliphatic heterocycles. The van der Waals surface area contributed by atoms with Crippen molar-refractivity contribution in [2.24, 2.45) is 0 Å². The van der Waals surface area contributed by atoms with Gasteiger partial charge in [0, 0.05) is 32.0 Å². The van der Waals surface area contributed by atoms with Crippen LogP contribution in [0.4, 0.5) is 0 Å². The van der Waals surface area contributed by atoms with Gasteiger partial charge in [0.15, 0.2) is 0 Å². The highest BCUT2D eigenvalue weighted by Crippen LogP contribution is 2.15. The van der Waals surface area contributed by atoms with Crippen molar-refractivity contribution < 1.29 is 9.53 Å². The molecule has 16 heavy (non-hydrogen) atoms. The van der Waals surface area contributed by atoms with Crippen molar-refractivity contribution >= 4 is 17.5 Å². The minimum Gasteiger partial charge on any atom is -0.376 e. The van der Waals surface area contributed by atoms with Crippen molar-refractivity contribution in [3.8, 4) is 0 Å². The van der Waals surface area contributed by atoms with E-state index in [2.05, 4.69) is 6.92 Å². The van der Waals surface area contributed by atoms with Crippen LogP contribution in [-0.4, -0.2) is 42.5 Å². The number of likely N-dealkylation sites (tertiary alicyclic amines) is 1. The van der Waals surface area contributed by atoms with Gasteiger partial charge in [0.25, 0.3) is 0 Å². The van der Waals surface area contributed by atoms with Crippen LogP contribution in [0.3, 0.4) is 0 Å². The summed E-state index contributed by atoms with van der Waals surface area (Å²) in [7, 11) is 0. The van der Waals surface area contributed by atoms with E-state index in [4.69, 9.17) is 16.3 Å². The maximum absolute atomic E-state index is 11.8. The molecule has 0 aromatic carbocycles. The smallest absolute Gasteiger partial charge is 0.222 e. The molecule has 0 aromatic rings. The third kappa shape index (κ3) is 4.71. The Labute approximate surface area is 103 Å². The Bertz CT molecular complexity index is 211. The zero-order valence-electron chi connectivity index (χ0n) is 10.1. The molecule has 1 rings (SSSR count). The molecule has 0 saturated carbocycles. The molecule has 1 aliphatic rings. The fraction of sp³-hybridized carbons (Fsp3) is 0.917. The Morgan fingerprint density at radius 2 is 2.38 bits per heavy atom. The lowest BCUT2D eigenvalue weighted by Gasteiger charge is -2.32. The van der Waals surface area contributed by atoms with Crippen molar-refractivity contribution in [3.63, 3.8) is 0 Å². The molecular formula is C12H22ClNO2. The van der Waals surface area contributed by atoms with Crippen molar-refractivity contribution in [3.05, 3.63) is 0 Å². The molecule has 1 saturated heterocycles. The monoisotopic (exact) mass is 247 g/mol. The van der Waals surface area contributed by atoms with E-state index in [0.717, 1.165) is 45.4 Å². The van der Waals surface area contributed by atoms with Gasteiger partial charge in [-0.15, -0.1) is 11.6 Å². The van der Waals surface area contributed by atoms with Crippen LogP contribution < -0.4 is 0 Å². The first-order valence-corrected chi connectivity index (χ1v) is 6.76. The Hall–Kier alpha value is -0.280. The second-order valence-electron chi connectivity index (χ2n) is 4.27. The van der Waals surface area contributed by atoms with Crippen LogP contribution in [0, 0.1) is 0 Å². The largest absolute Gasteiger partial charge is 0.376 e. The first-order chi connectivity index (χ1) is 7.77. The fourth-order valence-electron chi connectivity index (χ4n) is 1.96. The van der Waals surface area contributed by atoms with Gasteiger partial charge in [0.1, 0.15) is 0 Å². The minimum absolute atomic E-state index is 0.227. The number of amides is 1. The van der Waals surface area contributed by atoms with E-state index >= 15 is 0 Å². The highest BCUT2D eigenvalue weighted by molar-refractivity contribution is 6.17. The lowest BCUT2D eigenvalue weighted by atomic mass is 10.1. The van der Waals surface area contributed by atoms with Crippen LogP contribution in [0.15, 0.2) is 0 Å². The van der Waals surface area contributed by atoms with E-state index in [1.54, 1.807) is 0 Å². The summed E-state index contributed by atoms with van der Waals surface area (Å²) in [6.07, 6.45) is 4.77. The lowest BCUT2D eigenvalue weighted by molar-refractivity contribution is -0.135. The number of nitrogens with zero attached hydrogens (tertiary/aromatic N) is 1. The zero-order chi connectivity index (χ0) is 11.8. The predicted octanol–water partition coefficient (Wildman–Crippen LogP) is 2.42. The summed E-state index contributed by atoms with van der Waals surface area (Å²) in [6.45, 7) is 4.55. The van der Waals surface area contributed by atoms with Gasteiger partial charge in [-0.3, -0.25) is 4.79 Å². The Balaban J connectivity index is 2.28. The summed E-state index contributed by atoms with van der Waals surface area (Å²) < 4.78 is 5.70. The minimum atomic E-state index is 0.227. The Kier molecular flexibility index (Phi) is 6.81. The van der Waals surface area contributed by atoms with E-state index in [9.17, 15) is 4.79 Å². The summed E-state index contributed by atoms with van der Waals surface area (Å²) in [5, 5.41) is 0. The third-order valence-corrected chi connectivity index (χ3v) is 3.08. The summed E-state index contributed by atoms with van der Waals surface area (Å²) in [5.41, 5.74) is 0. The second-order valence-corrected chi connectivity index (χ2v) is 4.65. The fourth-order valence-corrected chi connectivity index (χ4v) is 2.10. The number of carbonyl (C=O) groups is 1. The number of ether oxygens (including phenoxy) is 1. The summed E-state index contributed by atoms with van der Waals surface area (Å²) in [5.74, 6) is 0.792. The molecule has 0 aromatic heterocycles. The summed E-state index contributed by atoms with van der Waals surface area (Å²) in [6, 6.07) is 0. The topological polar surface area (TPSA) is 29.5 Å². The van der Waals surface area contributed by atoms with Crippen molar-refractivity contribution in [2.75, 3.05) is 25.6 Å². The lowest BCUT2D eigenvalue weighted by Crippen LogP contribution is -2.43. The van der Waals surface area contributed by atoms with Crippen LogP contribution in [0.1, 0.15) is 39.0 Å². The Morgan fingerprint density at radius 3 is 3.06 bits per heavy atom. The maximum Gasteiger partial charge on any atom is 0.222 e. The van der Waals surface area contributed by atoms with Crippen LogP contribution in [-0.2, 0) is 9.53 Å². The van der Waals surface area contributed by atoms with Crippen LogP contribution >= 0.6 is 11.6 Å². The number of hydrogen-bond donors (Lipinski definition) is 0. The number of rotatable bonds is 6. The standard InChI is InChI=1S/C12H22ClNO2/c1-2-9-16-11-5-4-8-14(10-11)12(15)6-3-7-13/h11H,2-10H2,1H3. The molecular weight excluding hydrogens is 226 g/mol. The van der Waals surface area contributed by atoms with Crippen LogP contribution in [0.25, 0.3) is 0 Å². The molecule has 1 amide bonds. The molecule has 0 radical (unpaired) electrons. The molecule has 1 atom stereocenters. The van der Waals surface area contributed by atoms with E-state index in [1.807, 2.05) is 4.90 Å². The average molecular weight is 248 g/mol. The number of carbonyl (C=O) groups excluding carboxylic acids is 1. The van der Waals surface area contributed by atoms with Gasteiger partial charge in [-0.2, -0.15) is 0 Å². The SMILES string of the molecule is CCCOC1CCCN(C(=O)CCCCl)C1. The molecule has 0 N–H and O–H groups in total. The van der Waals surface area contributed by atoms with E-state index in [1.165, 1.54) is 0 Å². The first kappa shape index (κ1) is 13.8. The molecule has 94 valence electrons. The molecule has 1 heterocycles. The van der Waals surface area contributed by atoms with Gasteiger partial charge >= 0.3 is 0 Å². The molecule has 0 bridgehead atoms. The maximum atomic E-state index is 11.8. The van der Waals surface area contributed by atoms with Crippen LogP contribution in [0.2, 0.25) is 0 Å². The molecule has 3 nitrogen and oxygen atoms in total. The summed E-state index contributed by atoms with van der Waals surface area (Å²) >= 11 is 5.59. The number of halogens is 1. The molecule has 4 heteroatoms. The predicted molar refractivity (Wildman–Crippen MR) is 65.8 cm³/mol. The van der Waals surface area contributed by atoms with E-state index in [0.29, 0.717) is 12.3 Å². The summed E-state index contributed by atoms with van der Waals surface area (Å²) in [4.78, 5) is 13.7. The van der Waals surface area contributed by atoms with Gasteiger partial charge < -0.3 is 9.64 Å². The molecule has 1 fully saturated rings. The normalized spacial score (nSPS) is 21.1. The van der Waals surface area contributed by atoms with Gasteiger partial charge in [-0.05, 0) is 25.7 Å². The van der Waals surface area contributed by atoms with E-state index < -0.39 is 0 Å². The third-order valence-electron chi connectivity index (χ3n) is 2.81. The van der Waals surface area contributed by atoms with Crippen molar-refractivity contribution in [2.45, 2.75) is 45.1 Å². The van der Waals surface area contributed by atoms with E-state index in [-0.39, 0.29) is 12.0 Å². The quantitative estimate of drug-likeness (QED) is 0.675.